The summed E-state index contributed by atoms with van der Waals surface area (Å²) in [6.45, 7) is 3.80. The Labute approximate surface area is 132 Å². The van der Waals surface area contributed by atoms with Crippen LogP contribution >= 0.6 is 0 Å². The van der Waals surface area contributed by atoms with Gasteiger partial charge in [0.2, 0.25) is 0 Å². The SMILES string of the molecule is CC(C)[C@@H](CO)n1c2nc(=O)n(C)c(=O)c-2nc2ccccc21. The monoisotopic (exact) mass is 314 g/mol. The molecule has 0 amide bonds. The number of fused-ring (bicyclic) bond motifs is 2. The molecule has 2 aliphatic heterocycles. The van der Waals surface area contributed by atoms with E-state index in [1.54, 1.807) is 10.6 Å². The van der Waals surface area contributed by atoms with Crippen molar-refractivity contribution < 1.29 is 5.11 Å². The minimum atomic E-state index is -0.631. The van der Waals surface area contributed by atoms with Crippen LogP contribution in [0, 0.1) is 5.92 Å². The maximum absolute atomic E-state index is 12.4. The van der Waals surface area contributed by atoms with E-state index in [2.05, 4.69) is 9.97 Å². The second-order valence-electron chi connectivity index (χ2n) is 5.90. The number of rotatable bonds is 3. The molecule has 0 aromatic heterocycles. The summed E-state index contributed by atoms with van der Waals surface area (Å²) in [5.74, 6) is 0.296. The van der Waals surface area contributed by atoms with E-state index < -0.39 is 11.2 Å². The van der Waals surface area contributed by atoms with E-state index >= 15 is 0 Å². The normalized spacial score (nSPS) is 13.1. The van der Waals surface area contributed by atoms with Crippen molar-refractivity contribution in [2.24, 2.45) is 13.0 Å². The van der Waals surface area contributed by atoms with Crippen LogP contribution in [-0.4, -0.2) is 30.8 Å². The van der Waals surface area contributed by atoms with Crippen LogP contribution < -0.4 is 11.2 Å². The Morgan fingerprint density at radius 2 is 1.87 bits per heavy atom. The molecule has 2 aliphatic rings. The van der Waals surface area contributed by atoms with Gasteiger partial charge in [0, 0.05) is 7.05 Å². The molecule has 0 saturated carbocycles. The summed E-state index contributed by atoms with van der Waals surface area (Å²) in [6, 6.07) is 7.00. The predicted molar refractivity (Wildman–Crippen MR) is 86.6 cm³/mol. The lowest BCUT2D eigenvalue weighted by atomic mass is 10.0. The third-order valence-electron chi connectivity index (χ3n) is 4.10. The van der Waals surface area contributed by atoms with Crippen molar-refractivity contribution >= 4 is 11.0 Å². The molecule has 1 atom stereocenters. The number of hydrogen-bond acceptors (Lipinski definition) is 5. The largest absolute Gasteiger partial charge is 0.394 e. The molecular weight excluding hydrogens is 296 g/mol. The van der Waals surface area contributed by atoms with E-state index in [1.807, 2.05) is 32.0 Å². The number of aliphatic hydroxyl groups is 1. The fourth-order valence-corrected chi connectivity index (χ4v) is 2.75. The van der Waals surface area contributed by atoms with E-state index in [-0.39, 0.29) is 30.1 Å². The average molecular weight is 314 g/mol. The zero-order valence-electron chi connectivity index (χ0n) is 13.2. The van der Waals surface area contributed by atoms with Crippen LogP contribution in [-0.2, 0) is 7.05 Å². The first-order chi connectivity index (χ1) is 11.0. The number of nitrogens with zero attached hydrogens (tertiary/aromatic N) is 4. The highest BCUT2D eigenvalue weighted by Crippen LogP contribution is 2.28. The summed E-state index contributed by atoms with van der Waals surface area (Å²) < 4.78 is 2.70. The van der Waals surface area contributed by atoms with Gasteiger partial charge >= 0.3 is 5.69 Å². The summed E-state index contributed by atoms with van der Waals surface area (Å²) in [5, 5.41) is 9.83. The van der Waals surface area contributed by atoms with Crippen molar-refractivity contribution in [2.45, 2.75) is 19.9 Å². The molecule has 1 N–H and O–H groups in total. The maximum Gasteiger partial charge on any atom is 0.352 e. The molecular formula is C16H18N4O3. The smallest absolute Gasteiger partial charge is 0.352 e. The Morgan fingerprint density at radius 3 is 2.52 bits per heavy atom. The van der Waals surface area contributed by atoms with Crippen LogP contribution in [0.1, 0.15) is 19.9 Å². The highest BCUT2D eigenvalue weighted by molar-refractivity contribution is 5.79. The van der Waals surface area contributed by atoms with Crippen LogP contribution in [0.15, 0.2) is 33.9 Å². The minimum Gasteiger partial charge on any atom is -0.394 e. The quantitative estimate of drug-likeness (QED) is 0.722. The summed E-state index contributed by atoms with van der Waals surface area (Å²) >= 11 is 0. The van der Waals surface area contributed by atoms with Gasteiger partial charge in [-0.3, -0.25) is 9.36 Å². The second kappa shape index (κ2) is 5.58. The molecule has 0 fully saturated rings. The first-order valence-electron chi connectivity index (χ1n) is 7.44. The highest BCUT2D eigenvalue weighted by atomic mass is 16.3. The van der Waals surface area contributed by atoms with Gasteiger partial charge in [-0.2, -0.15) is 4.98 Å². The summed E-state index contributed by atoms with van der Waals surface area (Å²) in [4.78, 5) is 32.8. The molecule has 0 bridgehead atoms. The van der Waals surface area contributed by atoms with Crippen molar-refractivity contribution in [2.75, 3.05) is 6.61 Å². The van der Waals surface area contributed by atoms with Crippen molar-refractivity contribution in [3.63, 3.8) is 0 Å². The fraction of sp³-hybridized carbons (Fsp3) is 0.375. The van der Waals surface area contributed by atoms with Gasteiger partial charge in [0.15, 0.2) is 11.5 Å². The second-order valence-corrected chi connectivity index (χ2v) is 5.90. The van der Waals surface area contributed by atoms with Crippen molar-refractivity contribution in [1.29, 1.82) is 0 Å². The lowest BCUT2D eigenvalue weighted by Gasteiger charge is -2.27. The highest BCUT2D eigenvalue weighted by Gasteiger charge is 2.25. The molecule has 7 nitrogen and oxygen atoms in total. The zero-order valence-corrected chi connectivity index (χ0v) is 13.2. The lowest BCUT2D eigenvalue weighted by molar-refractivity contribution is 0.196. The van der Waals surface area contributed by atoms with Gasteiger partial charge in [0.25, 0.3) is 5.56 Å². The van der Waals surface area contributed by atoms with Crippen molar-refractivity contribution in [3.8, 4) is 11.5 Å². The molecule has 7 heteroatoms. The molecule has 1 aromatic rings. The van der Waals surface area contributed by atoms with Crippen molar-refractivity contribution in [3.05, 3.63) is 45.1 Å². The van der Waals surface area contributed by atoms with Crippen LogP contribution in [0.25, 0.3) is 22.6 Å². The Balaban J connectivity index is 2.56. The van der Waals surface area contributed by atoms with Crippen LogP contribution in [0.3, 0.4) is 0 Å². The van der Waals surface area contributed by atoms with E-state index in [4.69, 9.17) is 0 Å². The van der Waals surface area contributed by atoms with Gasteiger partial charge in [-0.1, -0.05) is 26.0 Å². The van der Waals surface area contributed by atoms with Gasteiger partial charge < -0.3 is 9.67 Å². The van der Waals surface area contributed by atoms with Crippen molar-refractivity contribution in [1.82, 2.24) is 19.1 Å². The molecule has 3 rings (SSSR count). The van der Waals surface area contributed by atoms with Gasteiger partial charge in [-0.15, -0.1) is 0 Å². The topological polar surface area (TPSA) is 90.0 Å². The molecule has 23 heavy (non-hydrogen) atoms. The van der Waals surface area contributed by atoms with E-state index in [1.165, 1.54) is 7.05 Å². The number of aliphatic hydroxyl groups excluding tert-OH is 1. The first kappa shape index (κ1) is 15.4. The molecule has 1 aromatic carbocycles. The Bertz CT molecular complexity index is 958. The number of para-hydroxylation sites is 2. The maximum atomic E-state index is 12.4. The summed E-state index contributed by atoms with van der Waals surface area (Å²) in [5.41, 5.74) is 0.364. The van der Waals surface area contributed by atoms with E-state index in [0.717, 1.165) is 10.1 Å². The van der Waals surface area contributed by atoms with Gasteiger partial charge in [0.05, 0.1) is 23.7 Å². The summed E-state index contributed by atoms with van der Waals surface area (Å²) in [6.07, 6.45) is 0. The fourth-order valence-electron chi connectivity index (χ4n) is 2.75. The molecule has 0 saturated heterocycles. The molecule has 0 unspecified atom stereocenters. The Kier molecular flexibility index (Phi) is 3.73. The third kappa shape index (κ3) is 2.33. The third-order valence-corrected chi connectivity index (χ3v) is 4.10. The van der Waals surface area contributed by atoms with Crippen LogP contribution in [0.5, 0.6) is 0 Å². The number of aromatic nitrogens is 4. The van der Waals surface area contributed by atoms with E-state index in [0.29, 0.717) is 5.52 Å². The lowest BCUT2D eigenvalue weighted by Crippen LogP contribution is -2.37. The van der Waals surface area contributed by atoms with Gasteiger partial charge in [-0.25, -0.2) is 9.78 Å². The molecule has 120 valence electrons. The molecule has 0 radical (unpaired) electrons. The van der Waals surface area contributed by atoms with Gasteiger partial charge in [0.1, 0.15) is 0 Å². The number of hydrogen-bond donors (Lipinski definition) is 1. The Morgan fingerprint density at radius 1 is 1.17 bits per heavy atom. The van der Waals surface area contributed by atoms with Crippen LogP contribution in [0.4, 0.5) is 0 Å². The van der Waals surface area contributed by atoms with Crippen LogP contribution in [0.2, 0.25) is 0 Å². The minimum absolute atomic E-state index is 0.0833. The summed E-state index contributed by atoms with van der Waals surface area (Å²) in [7, 11) is 1.38. The first-order valence-corrected chi connectivity index (χ1v) is 7.44. The van der Waals surface area contributed by atoms with Gasteiger partial charge in [-0.05, 0) is 18.1 Å². The Hall–Kier alpha value is -2.54. The van der Waals surface area contributed by atoms with E-state index in [9.17, 15) is 14.7 Å². The molecule has 0 aliphatic carbocycles. The molecule has 0 spiro atoms. The number of benzene rings is 1. The zero-order chi connectivity index (χ0) is 16.7. The standard InChI is InChI=1S/C16H18N4O3/c1-9(2)12(8-21)20-11-7-5-4-6-10(11)17-13-14(20)18-16(23)19(3)15(13)22/h4-7,9,12,21H,8H2,1-3H3/t12-/m1/s1. The molecule has 2 heterocycles. The average Bonchev–Trinajstić information content (AvgIpc) is 2.53. The predicted octanol–water partition coefficient (Wildman–Crippen LogP) is 0.784.